The highest BCUT2D eigenvalue weighted by atomic mass is 19.1. The molecule has 0 radical (unpaired) electrons. The van der Waals surface area contributed by atoms with Gasteiger partial charge >= 0.3 is 6.09 Å². The largest absolute Gasteiger partial charge is 0.437 e. The van der Waals surface area contributed by atoms with Gasteiger partial charge in [-0.1, -0.05) is 6.07 Å². The van der Waals surface area contributed by atoms with Gasteiger partial charge in [-0.05, 0) is 43.5 Å². The SMILES string of the molecule is O=C1OC2(COCCN(Cc3ccnc(N4CCCCC4)n3)C2)CN1c1cccc(F)c1. The minimum Gasteiger partial charge on any atom is -0.437 e. The number of ether oxygens (including phenoxy) is 2. The van der Waals surface area contributed by atoms with Crippen LogP contribution in [0.2, 0.25) is 0 Å². The minimum atomic E-state index is -0.803. The molecule has 4 heterocycles. The number of hydrogen-bond donors (Lipinski definition) is 0. The lowest BCUT2D eigenvalue weighted by Gasteiger charge is -2.30. The standard InChI is InChI=1S/C23H28FN5O3/c24-18-5-4-6-20(13-18)29-16-23(32-22(29)30)15-27(11-12-31-17-23)14-19-7-8-25-21(26-19)28-9-2-1-3-10-28/h4-8,13H,1-3,9-12,14-17H2. The third-order valence-corrected chi connectivity index (χ3v) is 6.24. The molecule has 9 heteroatoms. The lowest BCUT2D eigenvalue weighted by molar-refractivity contribution is -0.0155. The van der Waals surface area contributed by atoms with Crippen molar-refractivity contribution in [2.24, 2.45) is 0 Å². The highest BCUT2D eigenvalue weighted by Crippen LogP contribution is 2.31. The monoisotopic (exact) mass is 441 g/mol. The summed E-state index contributed by atoms with van der Waals surface area (Å²) in [6.07, 6.45) is 4.95. The molecular weight excluding hydrogens is 413 g/mol. The number of nitrogens with zero attached hydrogens (tertiary/aromatic N) is 5. The summed E-state index contributed by atoms with van der Waals surface area (Å²) in [7, 11) is 0. The van der Waals surface area contributed by atoms with Gasteiger partial charge < -0.3 is 14.4 Å². The Kier molecular flexibility index (Phi) is 5.93. The summed E-state index contributed by atoms with van der Waals surface area (Å²) in [6.45, 7) is 5.01. The molecule has 1 spiro atoms. The molecule has 3 aliphatic heterocycles. The molecule has 0 N–H and O–H groups in total. The van der Waals surface area contributed by atoms with Crippen molar-refractivity contribution in [1.29, 1.82) is 0 Å². The molecule has 3 fully saturated rings. The number of carbonyl (C=O) groups is 1. The minimum absolute atomic E-state index is 0.309. The van der Waals surface area contributed by atoms with E-state index in [1.807, 2.05) is 12.3 Å². The van der Waals surface area contributed by atoms with Crippen LogP contribution in [0.15, 0.2) is 36.5 Å². The maximum atomic E-state index is 13.7. The molecule has 8 nitrogen and oxygen atoms in total. The Morgan fingerprint density at radius 3 is 2.81 bits per heavy atom. The third-order valence-electron chi connectivity index (χ3n) is 6.24. The first-order valence-corrected chi connectivity index (χ1v) is 11.2. The van der Waals surface area contributed by atoms with Crippen molar-refractivity contribution in [2.45, 2.75) is 31.4 Å². The van der Waals surface area contributed by atoms with E-state index in [0.29, 0.717) is 45.1 Å². The fourth-order valence-electron chi connectivity index (χ4n) is 4.69. The van der Waals surface area contributed by atoms with Crippen LogP contribution < -0.4 is 9.80 Å². The van der Waals surface area contributed by atoms with E-state index in [-0.39, 0.29) is 5.82 Å². The number of aromatic nitrogens is 2. The Labute approximate surface area is 186 Å². The van der Waals surface area contributed by atoms with Gasteiger partial charge in [-0.15, -0.1) is 0 Å². The molecule has 3 aliphatic rings. The van der Waals surface area contributed by atoms with Gasteiger partial charge in [0, 0.05) is 38.9 Å². The van der Waals surface area contributed by atoms with E-state index < -0.39 is 11.7 Å². The Balaban J connectivity index is 1.30. The van der Waals surface area contributed by atoms with Gasteiger partial charge in [0.2, 0.25) is 5.95 Å². The van der Waals surface area contributed by atoms with E-state index in [1.165, 1.54) is 36.3 Å². The highest BCUT2D eigenvalue weighted by Gasteiger charge is 2.48. The molecule has 1 unspecified atom stereocenters. The molecular formula is C23H28FN5O3. The fraction of sp³-hybridized carbons (Fsp3) is 0.522. The Morgan fingerprint density at radius 2 is 1.97 bits per heavy atom. The molecule has 1 amide bonds. The van der Waals surface area contributed by atoms with Gasteiger partial charge in [-0.3, -0.25) is 9.80 Å². The van der Waals surface area contributed by atoms with Crippen molar-refractivity contribution in [3.63, 3.8) is 0 Å². The second-order valence-corrected chi connectivity index (χ2v) is 8.78. The summed E-state index contributed by atoms with van der Waals surface area (Å²) >= 11 is 0. The number of amides is 1. The van der Waals surface area contributed by atoms with Gasteiger partial charge in [0.1, 0.15) is 5.82 Å². The average molecular weight is 442 g/mol. The van der Waals surface area contributed by atoms with Crippen LogP contribution in [0.25, 0.3) is 0 Å². The van der Waals surface area contributed by atoms with Crippen molar-refractivity contribution >= 4 is 17.7 Å². The van der Waals surface area contributed by atoms with Crippen LogP contribution in [0.1, 0.15) is 25.0 Å². The van der Waals surface area contributed by atoms with Crippen molar-refractivity contribution in [3.05, 3.63) is 48.0 Å². The van der Waals surface area contributed by atoms with E-state index in [4.69, 9.17) is 14.5 Å². The molecule has 170 valence electrons. The van der Waals surface area contributed by atoms with Crippen LogP contribution in [-0.4, -0.2) is 72.5 Å². The molecule has 0 saturated carbocycles. The molecule has 32 heavy (non-hydrogen) atoms. The second-order valence-electron chi connectivity index (χ2n) is 8.78. The summed E-state index contributed by atoms with van der Waals surface area (Å²) < 4.78 is 25.3. The van der Waals surface area contributed by atoms with Crippen LogP contribution >= 0.6 is 0 Å². The smallest absolute Gasteiger partial charge is 0.415 e. The van der Waals surface area contributed by atoms with Crippen molar-refractivity contribution in [2.75, 3.05) is 55.7 Å². The quantitative estimate of drug-likeness (QED) is 0.723. The zero-order chi connectivity index (χ0) is 22.0. The second kappa shape index (κ2) is 8.99. The van der Waals surface area contributed by atoms with Crippen molar-refractivity contribution < 1.29 is 18.7 Å². The molecule has 1 atom stereocenters. The maximum Gasteiger partial charge on any atom is 0.415 e. The molecule has 1 aromatic heterocycles. The van der Waals surface area contributed by atoms with Crippen molar-refractivity contribution in [1.82, 2.24) is 14.9 Å². The fourth-order valence-corrected chi connectivity index (χ4v) is 4.69. The number of piperidine rings is 1. The maximum absolute atomic E-state index is 13.7. The summed E-state index contributed by atoms with van der Waals surface area (Å²) in [5.74, 6) is 0.399. The van der Waals surface area contributed by atoms with Gasteiger partial charge in [0.25, 0.3) is 0 Å². The number of rotatable bonds is 4. The first kappa shape index (κ1) is 21.1. The Bertz CT molecular complexity index is 970. The Hall–Kier alpha value is -2.78. The third kappa shape index (κ3) is 4.54. The van der Waals surface area contributed by atoms with Gasteiger partial charge in [0.15, 0.2) is 5.60 Å². The van der Waals surface area contributed by atoms with Crippen LogP contribution in [-0.2, 0) is 16.0 Å². The molecule has 1 aromatic carbocycles. The van der Waals surface area contributed by atoms with E-state index in [0.717, 1.165) is 24.7 Å². The molecule has 5 rings (SSSR count). The molecule has 3 saturated heterocycles. The Morgan fingerprint density at radius 1 is 1.09 bits per heavy atom. The van der Waals surface area contributed by atoms with Gasteiger partial charge in [0.05, 0.1) is 31.1 Å². The summed E-state index contributed by atoms with van der Waals surface area (Å²) in [5.41, 5.74) is 0.622. The molecule has 0 bridgehead atoms. The van der Waals surface area contributed by atoms with Crippen LogP contribution in [0.4, 0.5) is 20.8 Å². The zero-order valence-electron chi connectivity index (χ0n) is 18.1. The molecule has 2 aromatic rings. The predicted octanol–water partition coefficient (Wildman–Crippen LogP) is 2.83. The number of carbonyl (C=O) groups excluding carboxylic acids is 1. The van der Waals surface area contributed by atoms with E-state index in [1.54, 1.807) is 12.1 Å². The van der Waals surface area contributed by atoms with Gasteiger partial charge in [-0.25, -0.2) is 19.2 Å². The first-order valence-electron chi connectivity index (χ1n) is 11.2. The number of hydrogen-bond acceptors (Lipinski definition) is 7. The highest BCUT2D eigenvalue weighted by molar-refractivity contribution is 5.90. The summed E-state index contributed by atoms with van der Waals surface area (Å²) in [5, 5.41) is 0. The van der Waals surface area contributed by atoms with Crippen molar-refractivity contribution in [3.8, 4) is 0 Å². The summed E-state index contributed by atoms with van der Waals surface area (Å²) in [6, 6.07) is 7.94. The predicted molar refractivity (Wildman–Crippen MR) is 117 cm³/mol. The van der Waals surface area contributed by atoms with Crippen LogP contribution in [0.3, 0.4) is 0 Å². The van der Waals surface area contributed by atoms with Crippen LogP contribution in [0, 0.1) is 5.82 Å². The number of halogens is 1. The van der Waals surface area contributed by atoms with Gasteiger partial charge in [-0.2, -0.15) is 0 Å². The summed E-state index contributed by atoms with van der Waals surface area (Å²) in [4.78, 5) is 27.8. The van der Waals surface area contributed by atoms with E-state index >= 15 is 0 Å². The average Bonchev–Trinajstić information content (AvgIpc) is 3.00. The molecule has 0 aliphatic carbocycles. The van der Waals surface area contributed by atoms with E-state index in [9.17, 15) is 9.18 Å². The zero-order valence-corrected chi connectivity index (χ0v) is 18.1. The van der Waals surface area contributed by atoms with Crippen LogP contribution in [0.5, 0.6) is 0 Å². The lowest BCUT2D eigenvalue weighted by Crippen LogP contribution is -2.47. The van der Waals surface area contributed by atoms with E-state index in [2.05, 4.69) is 14.8 Å². The number of benzene rings is 1. The topological polar surface area (TPSA) is 71.0 Å². The number of anilines is 2. The normalized spacial score (nSPS) is 24.6. The lowest BCUT2D eigenvalue weighted by atomic mass is 10.0. The first-order chi connectivity index (χ1) is 15.6.